The summed E-state index contributed by atoms with van der Waals surface area (Å²) in [6.45, 7) is 5.40. The average molecular weight is 562 g/mol. The molecule has 0 fully saturated rings. The van der Waals surface area contributed by atoms with Crippen LogP contribution in [0.15, 0.2) is 80.4 Å². The van der Waals surface area contributed by atoms with Gasteiger partial charge in [-0.1, -0.05) is 65.7 Å². The minimum absolute atomic E-state index is 0.0852. The van der Waals surface area contributed by atoms with E-state index in [2.05, 4.69) is 22.9 Å². The van der Waals surface area contributed by atoms with Gasteiger partial charge in [0, 0.05) is 11.0 Å². The zero-order chi connectivity index (χ0) is 25.9. The summed E-state index contributed by atoms with van der Waals surface area (Å²) in [4.78, 5) is 29.3. The van der Waals surface area contributed by atoms with Crippen LogP contribution in [0.1, 0.15) is 60.0 Å². The SMILES string of the molecule is CCCCOc1ccc(C2c3c(oc4ccc(Br)cc4c3=O)C(=O)N2Cc2ccccc2)cc1OCC. The average Bonchev–Trinajstić information content (AvgIpc) is 3.17. The molecule has 0 saturated heterocycles. The van der Waals surface area contributed by atoms with Crippen LogP contribution in [0.2, 0.25) is 0 Å². The molecule has 0 saturated carbocycles. The van der Waals surface area contributed by atoms with Crippen molar-refractivity contribution < 1.29 is 18.7 Å². The van der Waals surface area contributed by atoms with E-state index in [4.69, 9.17) is 13.9 Å². The van der Waals surface area contributed by atoms with Crippen molar-refractivity contribution in [3.8, 4) is 11.5 Å². The smallest absolute Gasteiger partial charge is 0.291 e. The molecule has 4 aromatic rings. The van der Waals surface area contributed by atoms with Crippen LogP contribution in [-0.4, -0.2) is 24.0 Å². The molecule has 1 amide bonds. The van der Waals surface area contributed by atoms with Gasteiger partial charge in [0.15, 0.2) is 16.9 Å². The van der Waals surface area contributed by atoms with Gasteiger partial charge in [-0.25, -0.2) is 0 Å². The zero-order valence-corrected chi connectivity index (χ0v) is 22.4. The van der Waals surface area contributed by atoms with Crippen LogP contribution >= 0.6 is 15.9 Å². The Hall–Kier alpha value is -3.58. The van der Waals surface area contributed by atoms with Crippen LogP contribution in [0.25, 0.3) is 11.0 Å². The van der Waals surface area contributed by atoms with E-state index in [1.807, 2.05) is 55.5 Å². The standard InChI is InChI=1S/C30H28BrNO5/c1-3-5-15-36-24-13-11-20(16-25(24)35-4-2)27-26-28(33)22-17-21(31)12-14-23(22)37-29(26)30(34)32(27)18-19-9-7-6-8-10-19/h6-14,16-17,27H,3-5,15,18H2,1-2H3. The van der Waals surface area contributed by atoms with Crippen LogP contribution in [0.5, 0.6) is 11.5 Å². The highest BCUT2D eigenvalue weighted by molar-refractivity contribution is 9.10. The highest BCUT2D eigenvalue weighted by Crippen LogP contribution is 2.42. The summed E-state index contributed by atoms with van der Waals surface area (Å²) < 4.78 is 18.7. The van der Waals surface area contributed by atoms with Crippen molar-refractivity contribution in [1.29, 1.82) is 0 Å². The van der Waals surface area contributed by atoms with Crippen molar-refractivity contribution in [3.05, 3.63) is 104 Å². The monoisotopic (exact) mass is 561 g/mol. The van der Waals surface area contributed by atoms with Gasteiger partial charge in [0.05, 0.1) is 30.2 Å². The van der Waals surface area contributed by atoms with Gasteiger partial charge >= 0.3 is 0 Å². The fraction of sp³-hybridized carbons (Fsp3) is 0.267. The van der Waals surface area contributed by atoms with Crippen molar-refractivity contribution >= 4 is 32.8 Å². The number of halogens is 1. The van der Waals surface area contributed by atoms with Crippen LogP contribution in [0.3, 0.4) is 0 Å². The molecule has 6 nitrogen and oxygen atoms in total. The van der Waals surface area contributed by atoms with Crippen molar-refractivity contribution in [1.82, 2.24) is 4.90 Å². The van der Waals surface area contributed by atoms with E-state index in [0.717, 1.165) is 28.4 Å². The third kappa shape index (κ3) is 4.88. The summed E-state index contributed by atoms with van der Waals surface area (Å²) in [7, 11) is 0. The molecule has 0 bridgehead atoms. The van der Waals surface area contributed by atoms with E-state index in [1.165, 1.54) is 0 Å². The first-order valence-electron chi connectivity index (χ1n) is 12.5. The molecule has 3 aromatic carbocycles. The Labute approximate surface area is 223 Å². The maximum atomic E-state index is 13.8. The number of fused-ring (bicyclic) bond motifs is 2. The quantitative estimate of drug-likeness (QED) is 0.208. The fourth-order valence-corrected chi connectivity index (χ4v) is 5.05. The second-order valence-corrected chi connectivity index (χ2v) is 9.89. The Balaban J connectivity index is 1.66. The summed E-state index contributed by atoms with van der Waals surface area (Å²) in [5, 5.41) is 0.428. The zero-order valence-electron chi connectivity index (χ0n) is 20.8. The molecule has 1 aromatic heterocycles. The molecule has 1 atom stereocenters. The lowest BCUT2D eigenvalue weighted by molar-refractivity contribution is 0.0714. The Morgan fingerprint density at radius 1 is 0.946 bits per heavy atom. The van der Waals surface area contributed by atoms with Crippen LogP contribution in [0, 0.1) is 0 Å². The summed E-state index contributed by atoms with van der Waals surface area (Å²) >= 11 is 3.45. The summed E-state index contributed by atoms with van der Waals surface area (Å²) in [6.07, 6.45) is 1.96. The van der Waals surface area contributed by atoms with Crippen LogP contribution in [0.4, 0.5) is 0 Å². The van der Waals surface area contributed by atoms with Gasteiger partial charge in [-0.2, -0.15) is 0 Å². The van der Waals surface area contributed by atoms with E-state index in [1.54, 1.807) is 23.1 Å². The summed E-state index contributed by atoms with van der Waals surface area (Å²) in [5.41, 5.74) is 2.23. The lowest BCUT2D eigenvalue weighted by Crippen LogP contribution is -2.29. The molecular formula is C30H28BrNO5. The van der Waals surface area contributed by atoms with E-state index >= 15 is 0 Å². The first kappa shape index (κ1) is 25.1. The molecule has 190 valence electrons. The second kappa shape index (κ2) is 10.8. The molecule has 7 heteroatoms. The Morgan fingerprint density at radius 3 is 2.51 bits per heavy atom. The molecule has 1 aliphatic rings. The number of hydrogen-bond acceptors (Lipinski definition) is 5. The highest BCUT2D eigenvalue weighted by Gasteiger charge is 2.43. The number of unbranched alkanes of at least 4 members (excludes halogenated alkanes) is 1. The lowest BCUT2D eigenvalue weighted by Gasteiger charge is -2.26. The lowest BCUT2D eigenvalue weighted by atomic mass is 9.97. The van der Waals surface area contributed by atoms with Crippen LogP contribution < -0.4 is 14.9 Å². The van der Waals surface area contributed by atoms with Gasteiger partial charge in [-0.05, 0) is 54.8 Å². The van der Waals surface area contributed by atoms with Gasteiger partial charge < -0.3 is 18.8 Å². The number of ether oxygens (including phenoxy) is 2. The molecule has 2 heterocycles. The van der Waals surface area contributed by atoms with Crippen molar-refractivity contribution in [3.63, 3.8) is 0 Å². The third-order valence-corrected chi connectivity index (χ3v) is 6.96. The van der Waals surface area contributed by atoms with E-state index in [9.17, 15) is 9.59 Å². The van der Waals surface area contributed by atoms with Gasteiger partial charge in [-0.15, -0.1) is 0 Å². The molecule has 5 rings (SSSR count). The maximum Gasteiger partial charge on any atom is 0.291 e. The second-order valence-electron chi connectivity index (χ2n) is 8.98. The largest absolute Gasteiger partial charge is 0.490 e. The van der Waals surface area contributed by atoms with Crippen molar-refractivity contribution in [2.45, 2.75) is 39.3 Å². The Morgan fingerprint density at radius 2 is 1.76 bits per heavy atom. The Kier molecular flexibility index (Phi) is 7.33. The topological polar surface area (TPSA) is 69.0 Å². The molecule has 0 spiro atoms. The minimum atomic E-state index is -0.633. The number of carbonyl (C=O) groups is 1. The van der Waals surface area contributed by atoms with E-state index < -0.39 is 6.04 Å². The normalized spacial score (nSPS) is 14.7. The van der Waals surface area contributed by atoms with E-state index in [-0.39, 0.29) is 17.1 Å². The first-order chi connectivity index (χ1) is 18.0. The highest BCUT2D eigenvalue weighted by atomic mass is 79.9. The number of hydrogen-bond donors (Lipinski definition) is 0. The maximum absolute atomic E-state index is 13.8. The molecule has 0 radical (unpaired) electrons. The Bertz CT molecular complexity index is 1500. The molecular weight excluding hydrogens is 534 g/mol. The molecule has 37 heavy (non-hydrogen) atoms. The van der Waals surface area contributed by atoms with Gasteiger partial charge in [0.1, 0.15) is 5.58 Å². The molecule has 1 aliphatic heterocycles. The van der Waals surface area contributed by atoms with Gasteiger partial charge in [-0.3, -0.25) is 9.59 Å². The summed E-state index contributed by atoms with van der Waals surface area (Å²) in [6, 6.07) is 20.0. The number of nitrogens with zero attached hydrogens (tertiary/aromatic N) is 1. The van der Waals surface area contributed by atoms with Crippen molar-refractivity contribution in [2.24, 2.45) is 0 Å². The molecule has 1 unspecified atom stereocenters. The number of carbonyl (C=O) groups excluding carboxylic acids is 1. The fourth-order valence-electron chi connectivity index (χ4n) is 4.69. The third-order valence-electron chi connectivity index (χ3n) is 6.46. The van der Waals surface area contributed by atoms with Gasteiger partial charge in [0.25, 0.3) is 5.91 Å². The first-order valence-corrected chi connectivity index (χ1v) is 13.3. The summed E-state index contributed by atoms with van der Waals surface area (Å²) in [5.74, 6) is 1.01. The van der Waals surface area contributed by atoms with Crippen LogP contribution in [-0.2, 0) is 6.54 Å². The van der Waals surface area contributed by atoms with Crippen molar-refractivity contribution in [2.75, 3.05) is 13.2 Å². The number of benzene rings is 3. The van der Waals surface area contributed by atoms with Gasteiger partial charge in [0.2, 0.25) is 5.76 Å². The minimum Gasteiger partial charge on any atom is -0.490 e. The molecule has 0 aliphatic carbocycles. The van der Waals surface area contributed by atoms with E-state index in [0.29, 0.717) is 47.8 Å². The number of rotatable bonds is 9. The predicted octanol–water partition coefficient (Wildman–Crippen LogP) is 6.88. The number of amides is 1. The molecule has 0 N–H and O–H groups in total. The predicted molar refractivity (Wildman–Crippen MR) is 146 cm³/mol.